The van der Waals surface area contributed by atoms with Crippen molar-refractivity contribution in [1.29, 1.82) is 0 Å². The summed E-state index contributed by atoms with van der Waals surface area (Å²) in [7, 11) is 4.05. The van der Waals surface area contributed by atoms with Gasteiger partial charge < -0.3 is 19.7 Å². The fourth-order valence-electron chi connectivity index (χ4n) is 3.11. The number of hydrogen-bond acceptors (Lipinski definition) is 5. The molecule has 3 heterocycles. The summed E-state index contributed by atoms with van der Waals surface area (Å²) in [6.07, 6.45) is 3.83. The van der Waals surface area contributed by atoms with Crippen LogP contribution in [0.15, 0.2) is 24.5 Å². The van der Waals surface area contributed by atoms with Gasteiger partial charge in [-0.1, -0.05) is 0 Å². The minimum Gasteiger partial charge on any atom is -0.394 e. The first-order valence-electron chi connectivity index (χ1n) is 7.63. The molecular formula is C16H24N4O2. The number of aliphatic hydroxyl groups excluding tert-OH is 1. The van der Waals surface area contributed by atoms with E-state index < -0.39 is 5.54 Å². The molecule has 0 saturated carbocycles. The van der Waals surface area contributed by atoms with Crippen molar-refractivity contribution in [3.05, 3.63) is 24.5 Å². The third-order valence-electron chi connectivity index (χ3n) is 4.80. The lowest BCUT2D eigenvalue weighted by atomic mass is 9.96. The highest BCUT2D eigenvalue weighted by Crippen LogP contribution is 2.25. The number of nitrogens with zero attached hydrogens (tertiary/aromatic N) is 3. The van der Waals surface area contributed by atoms with Crippen LogP contribution in [0.5, 0.6) is 0 Å². The number of morpholine rings is 1. The van der Waals surface area contributed by atoms with Crippen LogP contribution in [0.2, 0.25) is 0 Å². The zero-order chi connectivity index (χ0) is 15.7. The number of aromatic nitrogens is 2. The number of rotatable bonds is 4. The summed E-state index contributed by atoms with van der Waals surface area (Å²) < 4.78 is 7.73. The lowest BCUT2D eigenvalue weighted by Crippen LogP contribution is -2.64. The first-order chi connectivity index (χ1) is 10.6. The number of pyridine rings is 1. The van der Waals surface area contributed by atoms with E-state index in [9.17, 15) is 5.11 Å². The Morgan fingerprint density at radius 3 is 3.05 bits per heavy atom. The van der Waals surface area contributed by atoms with Crippen molar-refractivity contribution in [2.24, 2.45) is 7.05 Å². The molecule has 1 aliphatic heterocycles. The van der Waals surface area contributed by atoms with E-state index in [1.807, 2.05) is 26.4 Å². The molecule has 0 unspecified atom stereocenters. The molecule has 1 fully saturated rings. The van der Waals surface area contributed by atoms with Gasteiger partial charge in [0.2, 0.25) is 0 Å². The van der Waals surface area contributed by atoms with Crippen LogP contribution in [0.4, 0.5) is 5.82 Å². The van der Waals surface area contributed by atoms with Crippen molar-refractivity contribution in [3.8, 4) is 0 Å². The minimum absolute atomic E-state index is 0.0456. The van der Waals surface area contributed by atoms with Crippen LogP contribution in [0, 0.1) is 0 Å². The van der Waals surface area contributed by atoms with Crippen LogP contribution in [-0.4, -0.2) is 64.6 Å². The molecule has 0 spiro atoms. The molecule has 2 aromatic heterocycles. The summed E-state index contributed by atoms with van der Waals surface area (Å²) in [5.74, 6) is 0.837. The van der Waals surface area contributed by atoms with Crippen LogP contribution < -0.4 is 5.32 Å². The maximum atomic E-state index is 9.95. The van der Waals surface area contributed by atoms with Crippen LogP contribution in [0.25, 0.3) is 10.9 Å². The van der Waals surface area contributed by atoms with Crippen LogP contribution >= 0.6 is 0 Å². The van der Waals surface area contributed by atoms with Crippen molar-refractivity contribution in [2.45, 2.75) is 18.5 Å². The van der Waals surface area contributed by atoms with Crippen molar-refractivity contribution in [1.82, 2.24) is 14.5 Å². The Bertz CT molecular complexity index is 657. The molecule has 0 aromatic carbocycles. The van der Waals surface area contributed by atoms with Gasteiger partial charge in [-0.2, -0.15) is 0 Å². The fourth-order valence-corrected chi connectivity index (χ4v) is 3.11. The zero-order valence-corrected chi connectivity index (χ0v) is 13.4. The second kappa shape index (κ2) is 5.87. The summed E-state index contributed by atoms with van der Waals surface area (Å²) in [5, 5.41) is 14.5. The number of anilines is 1. The van der Waals surface area contributed by atoms with E-state index in [2.05, 4.69) is 32.8 Å². The molecule has 0 bridgehead atoms. The molecule has 1 saturated heterocycles. The van der Waals surface area contributed by atoms with Crippen molar-refractivity contribution in [2.75, 3.05) is 38.7 Å². The predicted octanol–water partition coefficient (Wildman–Crippen LogP) is 1.07. The highest BCUT2D eigenvalue weighted by atomic mass is 16.5. The molecule has 22 heavy (non-hydrogen) atoms. The van der Waals surface area contributed by atoms with E-state index >= 15 is 0 Å². The van der Waals surface area contributed by atoms with Gasteiger partial charge in [0.25, 0.3) is 0 Å². The SMILES string of the molecule is C[C@@H]1COC[C@@](CO)(CNc2nccc3ccn(C)c23)N1C. The Balaban J connectivity index is 1.84. The van der Waals surface area contributed by atoms with E-state index in [1.54, 1.807) is 6.20 Å². The molecule has 3 rings (SSSR count). The Kier molecular flexibility index (Phi) is 4.08. The lowest BCUT2D eigenvalue weighted by molar-refractivity contribution is -0.101. The van der Waals surface area contributed by atoms with Gasteiger partial charge in [0.05, 0.1) is 30.9 Å². The van der Waals surface area contributed by atoms with Crippen molar-refractivity contribution >= 4 is 16.7 Å². The largest absolute Gasteiger partial charge is 0.394 e. The van der Waals surface area contributed by atoms with Gasteiger partial charge in [-0.25, -0.2) is 4.98 Å². The molecule has 6 heteroatoms. The van der Waals surface area contributed by atoms with Gasteiger partial charge in [0, 0.05) is 37.4 Å². The third-order valence-corrected chi connectivity index (χ3v) is 4.80. The summed E-state index contributed by atoms with van der Waals surface area (Å²) in [5.41, 5.74) is 0.648. The number of nitrogens with one attached hydrogen (secondary N) is 1. The quantitative estimate of drug-likeness (QED) is 0.884. The number of aliphatic hydroxyl groups is 1. The second-order valence-electron chi connectivity index (χ2n) is 6.24. The Morgan fingerprint density at radius 1 is 1.45 bits per heavy atom. The van der Waals surface area contributed by atoms with Gasteiger partial charge in [0.15, 0.2) is 5.82 Å². The summed E-state index contributed by atoms with van der Waals surface area (Å²) in [4.78, 5) is 6.66. The summed E-state index contributed by atoms with van der Waals surface area (Å²) in [6, 6.07) is 4.35. The topological polar surface area (TPSA) is 62.6 Å². The second-order valence-corrected chi connectivity index (χ2v) is 6.24. The molecule has 1 aliphatic rings. The molecule has 0 aliphatic carbocycles. The van der Waals surface area contributed by atoms with E-state index in [0.717, 1.165) is 16.7 Å². The van der Waals surface area contributed by atoms with Crippen molar-refractivity contribution in [3.63, 3.8) is 0 Å². The average Bonchev–Trinajstić information content (AvgIpc) is 2.91. The smallest absolute Gasteiger partial charge is 0.150 e. The number of likely N-dealkylation sites (N-methyl/N-ethyl adjacent to an activating group) is 1. The molecule has 2 aromatic rings. The average molecular weight is 304 g/mol. The maximum Gasteiger partial charge on any atom is 0.150 e. The highest BCUT2D eigenvalue weighted by molar-refractivity contribution is 5.89. The first kappa shape index (κ1) is 15.3. The normalized spacial score (nSPS) is 26.5. The van der Waals surface area contributed by atoms with Gasteiger partial charge in [-0.15, -0.1) is 0 Å². The molecule has 0 amide bonds. The van der Waals surface area contributed by atoms with Crippen LogP contribution in [0.1, 0.15) is 6.92 Å². The molecule has 6 nitrogen and oxygen atoms in total. The van der Waals surface area contributed by atoms with E-state index in [4.69, 9.17) is 4.74 Å². The van der Waals surface area contributed by atoms with Crippen LogP contribution in [0.3, 0.4) is 0 Å². The Hall–Kier alpha value is -1.63. The van der Waals surface area contributed by atoms with E-state index in [1.165, 1.54) is 0 Å². The third kappa shape index (κ3) is 2.47. The predicted molar refractivity (Wildman–Crippen MR) is 87.1 cm³/mol. The minimum atomic E-state index is -0.424. The summed E-state index contributed by atoms with van der Waals surface area (Å²) >= 11 is 0. The first-order valence-corrected chi connectivity index (χ1v) is 7.63. The van der Waals surface area contributed by atoms with Crippen LogP contribution in [-0.2, 0) is 11.8 Å². The van der Waals surface area contributed by atoms with Gasteiger partial charge in [-0.3, -0.25) is 4.90 Å². The monoisotopic (exact) mass is 304 g/mol. The number of hydrogen-bond donors (Lipinski definition) is 2. The molecule has 0 radical (unpaired) electrons. The number of fused-ring (bicyclic) bond motifs is 1. The highest BCUT2D eigenvalue weighted by Gasteiger charge is 2.40. The standard InChI is InChI=1S/C16H24N4O2/c1-12-8-22-11-16(10-21,20(12)3)9-18-15-14-13(4-6-17-15)5-7-19(14)2/h4-7,12,21H,8-11H2,1-3H3,(H,17,18)/t12-,16+/m1/s1. The van der Waals surface area contributed by atoms with Crippen molar-refractivity contribution < 1.29 is 9.84 Å². The van der Waals surface area contributed by atoms with Gasteiger partial charge in [-0.05, 0) is 26.1 Å². The fraction of sp³-hybridized carbons (Fsp3) is 0.562. The maximum absolute atomic E-state index is 9.95. The summed E-state index contributed by atoms with van der Waals surface area (Å²) in [6.45, 7) is 3.95. The number of ether oxygens (including phenoxy) is 1. The van der Waals surface area contributed by atoms with Gasteiger partial charge >= 0.3 is 0 Å². The number of aryl methyl sites for hydroxylation is 1. The zero-order valence-electron chi connectivity index (χ0n) is 13.4. The van der Waals surface area contributed by atoms with Gasteiger partial charge in [0.1, 0.15) is 0 Å². The Morgan fingerprint density at radius 2 is 2.27 bits per heavy atom. The molecule has 2 N–H and O–H groups in total. The molecule has 2 atom stereocenters. The molecular weight excluding hydrogens is 280 g/mol. The Labute approximate surface area is 130 Å². The molecule has 120 valence electrons. The lowest BCUT2D eigenvalue weighted by Gasteiger charge is -2.47. The van der Waals surface area contributed by atoms with E-state index in [0.29, 0.717) is 19.8 Å². The van der Waals surface area contributed by atoms with E-state index in [-0.39, 0.29) is 12.6 Å².